The summed E-state index contributed by atoms with van der Waals surface area (Å²) in [5.74, 6) is -2.01. The van der Waals surface area contributed by atoms with Crippen LogP contribution in [0.5, 0.6) is 5.75 Å². The number of alkyl halides is 3. The van der Waals surface area contributed by atoms with E-state index in [1.165, 1.54) is 0 Å². The number of fused-ring (bicyclic) bond motifs is 2. The maximum Gasteiger partial charge on any atom is 0.416 e. The fourth-order valence-electron chi connectivity index (χ4n) is 8.84. The van der Waals surface area contributed by atoms with Crippen LogP contribution in [0, 0.1) is 0 Å². The number of carbonyl (C=O) groups is 4. The third-order valence-electron chi connectivity index (χ3n) is 12.0. The number of aromatic amines is 1. The minimum Gasteiger partial charge on any atom is -0.507 e. The van der Waals surface area contributed by atoms with E-state index in [1.54, 1.807) is 24.3 Å². The molecule has 4 fully saturated rings. The second-order valence-electron chi connectivity index (χ2n) is 15.3. The van der Waals surface area contributed by atoms with Crippen LogP contribution < -0.4 is 15.1 Å². The first-order valence-electron chi connectivity index (χ1n) is 18.9. The Kier molecular flexibility index (Phi) is 9.37. The molecule has 0 saturated carbocycles. The predicted octanol–water partition coefficient (Wildman–Crippen LogP) is 5.14. The summed E-state index contributed by atoms with van der Waals surface area (Å²) in [5, 5.41) is 13.5. The van der Waals surface area contributed by atoms with Gasteiger partial charge in [-0.15, -0.1) is 0 Å². The normalized spacial score (nSPS) is 21.8. The Morgan fingerprint density at radius 3 is 2.16 bits per heavy atom. The van der Waals surface area contributed by atoms with Crippen molar-refractivity contribution in [2.24, 2.45) is 0 Å². The molecule has 298 valence electrons. The number of imide groups is 2. The summed E-state index contributed by atoms with van der Waals surface area (Å²) >= 11 is 12.9. The van der Waals surface area contributed by atoms with Crippen molar-refractivity contribution < 1.29 is 37.5 Å². The van der Waals surface area contributed by atoms with E-state index in [-0.39, 0.29) is 57.2 Å². The zero-order valence-electron chi connectivity index (χ0n) is 30.4. The minimum atomic E-state index is -4.58. The van der Waals surface area contributed by atoms with Crippen LogP contribution in [-0.4, -0.2) is 124 Å². The van der Waals surface area contributed by atoms with Crippen LogP contribution in [0.1, 0.15) is 52.0 Å². The molecule has 13 nitrogen and oxygen atoms in total. The zero-order valence-corrected chi connectivity index (χ0v) is 31.9. The molecule has 4 aromatic rings. The number of amides is 4. The molecule has 9 rings (SSSR count). The Morgan fingerprint density at radius 2 is 1.46 bits per heavy atom. The summed E-state index contributed by atoms with van der Waals surface area (Å²) in [6.45, 7) is 6.59. The van der Waals surface area contributed by atoms with Gasteiger partial charge in [-0.3, -0.25) is 39.2 Å². The van der Waals surface area contributed by atoms with Gasteiger partial charge in [0.15, 0.2) is 0 Å². The highest BCUT2D eigenvalue weighted by Crippen LogP contribution is 2.41. The molecule has 1 aromatic heterocycles. The number of hydrogen-bond donors (Lipinski definition) is 3. The summed E-state index contributed by atoms with van der Waals surface area (Å²) in [6, 6.07) is 9.94. The third-order valence-corrected chi connectivity index (χ3v) is 12.6. The van der Waals surface area contributed by atoms with Crippen molar-refractivity contribution in [2.75, 3.05) is 62.2 Å². The first-order valence-corrected chi connectivity index (χ1v) is 19.6. The number of phenolic OH excluding ortho intramolecular Hbond substituents is 1. The number of aromatic nitrogens is 2. The number of phenols is 1. The van der Waals surface area contributed by atoms with E-state index in [2.05, 4.69) is 34.9 Å². The van der Waals surface area contributed by atoms with Gasteiger partial charge in [-0.05, 0) is 55.7 Å². The molecule has 0 bridgehead atoms. The highest BCUT2D eigenvalue weighted by Gasteiger charge is 2.45. The molecule has 5 aliphatic rings. The lowest BCUT2D eigenvalue weighted by Crippen LogP contribution is -2.62. The smallest absolute Gasteiger partial charge is 0.416 e. The van der Waals surface area contributed by atoms with Gasteiger partial charge in [-0.25, -0.2) is 4.98 Å². The van der Waals surface area contributed by atoms with Crippen LogP contribution in [0.25, 0.3) is 22.4 Å². The number of aromatic hydroxyl groups is 1. The Hall–Kier alpha value is -4.90. The first kappa shape index (κ1) is 37.7. The van der Waals surface area contributed by atoms with E-state index in [0.717, 1.165) is 74.8 Å². The van der Waals surface area contributed by atoms with Crippen molar-refractivity contribution in [3.8, 4) is 17.1 Å². The number of likely N-dealkylation sites (tertiary alicyclic amines) is 1. The second kappa shape index (κ2) is 14.2. The number of H-pyrrole nitrogens is 1. The molecule has 4 amide bonds. The van der Waals surface area contributed by atoms with E-state index in [4.69, 9.17) is 23.2 Å². The number of nitrogens with one attached hydrogen (secondary N) is 2. The summed E-state index contributed by atoms with van der Waals surface area (Å²) < 4.78 is 40.0. The van der Waals surface area contributed by atoms with Gasteiger partial charge in [-0.2, -0.15) is 13.2 Å². The van der Waals surface area contributed by atoms with Crippen molar-refractivity contribution in [3.63, 3.8) is 0 Å². The summed E-state index contributed by atoms with van der Waals surface area (Å²) in [7, 11) is 0. The monoisotopic (exact) mass is 824 g/mol. The molecule has 0 radical (unpaired) electrons. The molecular formula is C39H37Cl2F3N8O5. The zero-order chi connectivity index (χ0) is 39.9. The van der Waals surface area contributed by atoms with E-state index < -0.39 is 41.4 Å². The Morgan fingerprint density at radius 1 is 0.754 bits per heavy atom. The molecular weight excluding hydrogens is 788 g/mol. The number of benzene rings is 3. The van der Waals surface area contributed by atoms with Crippen molar-refractivity contribution in [3.05, 3.63) is 69.2 Å². The Balaban J connectivity index is 0.768. The lowest BCUT2D eigenvalue weighted by Gasteiger charge is -2.50. The molecule has 3 aromatic carbocycles. The molecule has 1 unspecified atom stereocenters. The van der Waals surface area contributed by atoms with Crippen molar-refractivity contribution in [1.29, 1.82) is 0 Å². The number of carbonyl (C=O) groups excluding carboxylic acids is 4. The minimum absolute atomic E-state index is 0.0252. The van der Waals surface area contributed by atoms with Crippen LogP contribution in [0.15, 0.2) is 42.5 Å². The van der Waals surface area contributed by atoms with Gasteiger partial charge in [0.25, 0.3) is 11.8 Å². The van der Waals surface area contributed by atoms with Gasteiger partial charge in [-0.1, -0.05) is 23.2 Å². The average molecular weight is 826 g/mol. The number of halogens is 5. The van der Waals surface area contributed by atoms with E-state index in [9.17, 15) is 37.5 Å². The number of anilines is 2. The van der Waals surface area contributed by atoms with Crippen molar-refractivity contribution in [1.82, 2.24) is 30.0 Å². The van der Waals surface area contributed by atoms with Gasteiger partial charge < -0.3 is 19.9 Å². The number of piperidine rings is 2. The van der Waals surface area contributed by atoms with Gasteiger partial charge in [0.2, 0.25) is 11.8 Å². The number of nitrogens with zero attached hydrogens (tertiary/aromatic N) is 6. The van der Waals surface area contributed by atoms with E-state index in [0.29, 0.717) is 35.9 Å². The highest BCUT2D eigenvalue weighted by molar-refractivity contribution is 6.35. The van der Waals surface area contributed by atoms with Gasteiger partial charge in [0.05, 0.1) is 49.0 Å². The van der Waals surface area contributed by atoms with Gasteiger partial charge in [0, 0.05) is 82.6 Å². The van der Waals surface area contributed by atoms with Crippen LogP contribution in [0.4, 0.5) is 24.5 Å². The quantitative estimate of drug-likeness (QED) is 0.224. The number of imidazole rings is 1. The van der Waals surface area contributed by atoms with Crippen molar-refractivity contribution >= 4 is 69.2 Å². The Bertz CT molecular complexity index is 2330. The SMILES string of the molecule is O=C1CCC(N2C(=O)c3ccc(N4CC(N5CCC(N6CCN(c7cc(O)c(-c8nc9cc(C(F)(F)F)cc(Cl)c9[nH]8)cc7Cl)CC6)CC5)C4)cc3C2=O)C(=O)N1. The Labute approximate surface area is 334 Å². The number of rotatable bonds is 6. The summed E-state index contributed by atoms with van der Waals surface area (Å²) in [6.07, 6.45) is -2.33. The lowest BCUT2D eigenvalue weighted by molar-refractivity contribution is -0.138. The van der Waals surface area contributed by atoms with E-state index >= 15 is 0 Å². The first-order chi connectivity index (χ1) is 27.2. The molecule has 1 atom stereocenters. The van der Waals surface area contributed by atoms with Crippen LogP contribution in [0.2, 0.25) is 10.0 Å². The van der Waals surface area contributed by atoms with Crippen molar-refractivity contribution in [2.45, 2.75) is 50.0 Å². The second-order valence-corrected chi connectivity index (χ2v) is 16.1. The van der Waals surface area contributed by atoms with Crippen LogP contribution in [-0.2, 0) is 15.8 Å². The van der Waals surface area contributed by atoms with Crippen LogP contribution in [0.3, 0.4) is 0 Å². The third kappa shape index (κ3) is 6.75. The molecule has 18 heteroatoms. The molecule has 0 spiro atoms. The lowest BCUT2D eigenvalue weighted by atomic mass is 9.97. The van der Waals surface area contributed by atoms with Crippen LogP contribution >= 0.6 is 23.2 Å². The standard InChI is InChI=1S/C39H37Cl2F3N8O5/c40-27-16-26(35-45-29-14-20(39(42,43)44)13-28(41)34(29)47-35)32(53)17-31(27)50-11-9-49(10-12-50)21-5-7-48(8-6-21)23-18-51(19-23)22-1-2-24-25(15-22)38(57)52(37(24)56)30-3-4-33(54)46-36(30)55/h1-2,13-17,21,23,30,53H,3-12,18-19H2,(H,45,47)(H,46,54,55). The predicted molar refractivity (Wildman–Crippen MR) is 206 cm³/mol. The average Bonchev–Trinajstić information content (AvgIpc) is 3.70. The summed E-state index contributed by atoms with van der Waals surface area (Å²) in [4.78, 5) is 67.9. The molecule has 4 saturated heterocycles. The molecule has 57 heavy (non-hydrogen) atoms. The molecule has 3 N–H and O–H groups in total. The maximum absolute atomic E-state index is 13.3. The number of hydrogen-bond acceptors (Lipinski definition) is 10. The maximum atomic E-state index is 13.3. The fourth-order valence-corrected chi connectivity index (χ4v) is 9.39. The van der Waals surface area contributed by atoms with Gasteiger partial charge in [0.1, 0.15) is 17.6 Å². The molecule has 5 aliphatic heterocycles. The van der Waals surface area contributed by atoms with Gasteiger partial charge >= 0.3 is 6.18 Å². The largest absolute Gasteiger partial charge is 0.507 e. The fraction of sp³-hybridized carbons (Fsp3) is 0.410. The summed E-state index contributed by atoms with van der Waals surface area (Å²) in [5.41, 5.74) is 1.67. The van der Waals surface area contributed by atoms with E-state index in [1.807, 2.05) is 6.07 Å². The number of piperazine rings is 1. The topological polar surface area (TPSA) is 145 Å². The molecule has 0 aliphatic carbocycles. The highest BCUT2D eigenvalue weighted by atomic mass is 35.5. The molecule has 6 heterocycles.